The lowest BCUT2D eigenvalue weighted by Gasteiger charge is -2.18. The predicted octanol–water partition coefficient (Wildman–Crippen LogP) is 0.253. The molecule has 1 fully saturated rings. The molecule has 0 bridgehead atoms. The van der Waals surface area contributed by atoms with E-state index < -0.39 is 9.84 Å². The van der Waals surface area contributed by atoms with Crippen LogP contribution < -0.4 is 15.4 Å². The SMILES string of the molecule is O=C1COc2ccc(CCC(=O)NC3CCS(=O)(=O)C3)cc2N1. The fraction of sp³-hybridized carbons (Fsp3) is 0.467. The first kappa shape index (κ1) is 15.8. The van der Waals surface area contributed by atoms with Gasteiger partial charge in [0.1, 0.15) is 5.75 Å². The van der Waals surface area contributed by atoms with Crippen LogP contribution in [0.2, 0.25) is 0 Å². The summed E-state index contributed by atoms with van der Waals surface area (Å²) in [6, 6.07) is 5.14. The molecule has 0 aromatic heterocycles. The molecule has 3 rings (SSSR count). The smallest absolute Gasteiger partial charge is 0.262 e. The van der Waals surface area contributed by atoms with Crippen LogP contribution in [0.3, 0.4) is 0 Å². The highest BCUT2D eigenvalue weighted by Crippen LogP contribution is 2.28. The van der Waals surface area contributed by atoms with Gasteiger partial charge < -0.3 is 15.4 Å². The van der Waals surface area contributed by atoms with Crippen LogP contribution in [0.1, 0.15) is 18.4 Å². The Morgan fingerprint density at radius 2 is 2.22 bits per heavy atom. The third-order valence-electron chi connectivity index (χ3n) is 3.92. The van der Waals surface area contributed by atoms with Crippen LogP contribution in [0.15, 0.2) is 18.2 Å². The topological polar surface area (TPSA) is 102 Å². The van der Waals surface area contributed by atoms with Crippen molar-refractivity contribution in [3.8, 4) is 5.75 Å². The van der Waals surface area contributed by atoms with Gasteiger partial charge in [0.2, 0.25) is 5.91 Å². The molecule has 2 heterocycles. The molecular weight excluding hydrogens is 320 g/mol. The molecule has 0 saturated carbocycles. The highest BCUT2D eigenvalue weighted by molar-refractivity contribution is 7.91. The standard InChI is InChI=1S/C15H18N2O5S/c18-14(16-11-5-6-23(20,21)9-11)4-2-10-1-3-13-12(7-10)17-15(19)8-22-13/h1,3,7,11H,2,4-6,8-9H2,(H,16,18)(H,17,19). The van der Waals surface area contributed by atoms with E-state index in [4.69, 9.17) is 4.74 Å². The summed E-state index contributed by atoms with van der Waals surface area (Å²) in [7, 11) is -2.99. The molecule has 1 aromatic carbocycles. The zero-order chi connectivity index (χ0) is 16.4. The molecule has 7 nitrogen and oxygen atoms in total. The maximum absolute atomic E-state index is 11.9. The van der Waals surface area contributed by atoms with Gasteiger partial charge in [-0.2, -0.15) is 0 Å². The third kappa shape index (κ3) is 4.01. The van der Waals surface area contributed by atoms with Crippen molar-refractivity contribution < 1.29 is 22.7 Å². The average Bonchev–Trinajstić information content (AvgIpc) is 2.83. The summed E-state index contributed by atoms with van der Waals surface area (Å²) in [5.41, 5.74) is 1.52. The van der Waals surface area contributed by atoms with Crippen molar-refractivity contribution in [2.24, 2.45) is 0 Å². The van der Waals surface area contributed by atoms with E-state index in [1.165, 1.54) is 0 Å². The molecule has 1 atom stereocenters. The van der Waals surface area contributed by atoms with Crippen molar-refractivity contribution in [1.29, 1.82) is 0 Å². The summed E-state index contributed by atoms with van der Waals surface area (Å²) in [5.74, 6) is 0.428. The number of amides is 2. The number of anilines is 1. The zero-order valence-electron chi connectivity index (χ0n) is 12.5. The minimum atomic E-state index is -2.99. The molecule has 2 amide bonds. The van der Waals surface area contributed by atoms with E-state index in [1.54, 1.807) is 12.1 Å². The minimum Gasteiger partial charge on any atom is -0.482 e. The van der Waals surface area contributed by atoms with E-state index in [1.807, 2.05) is 6.07 Å². The van der Waals surface area contributed by atoms with Crippen LogP contribution in [-0.2, 0) is 25.8 Å². The van der Waals surface area contributed by atoms with Gasteiger partial charge >= 0.3 is 0 Å². The van der Waals surface area contributed by atoms with Gasteiger partial charge in [0.25, 0.3) is 5.91 Å². The van der Waals surface area contributed by atoms with Crippen molar-refractivity contribution in [1.82, 2.24) is 5.32 Å². The van der Waals surface area contributed by atoms with E-state index in [0.717, 1.165) is 5.56 Å². The largest absolute Gasteiger partial charge is 0.482 e. The maximum Gasteiger partial charge on any atom is 0.262 e. The summed E-state index contributed by atoms with van der Waals surface area (Å²) in [4.78, 5) is 23.2. The molecule has 2 aliphatic rings. The summed E-state index contributed by atoms with van der Waals surface area (Å²) < 4.78 is 28.0. The van der Waals surface area contributed by atoms with Gasteiger partial charge in [-0.3, -0.25) is 9.59 Å². The van der Waals surface area contributed by atoms with Gasteiger partial charge in [-0.25, -0.2) is 8.42 Å². The van der Waals surface area contributed by atoms with Crippen LogP contribution in [0, 0.1) is 0 Å². The summed E-state index contributed by atoms with van der Waals surface area (Å²) >= 11 is 0. The van der Waals surface area contributed by atoms with Gasteiger partial charge in [0.15, 0.2) is 16.4 Å². The highest BCUT2D eigenvalue weighted by atomic mass is 32.2. The van der Waals surface area contributed by atoms with Crippen molar-refractivity contribution >= 4 is 27.3 Å². The second-order valence-corrected chi connectivity index (χ2v) is 8.06. The minimum absolute atomic E-state index is 0.0129. The number of hydrogen-bond donors (Lipinski definition) is 2. The molecular formula is C15H18N2O5S. The fourth-order valence-electron chi connectivity index (χ4n) is 2.75. The first-order valence-electron chi connectivity index (χ1n) is 7.47. The number of fused-ring (bicyclic) bond motifs is 1. The molecule has 1 saturated heterocycles. The molecule has 23 heavy (non-hydrogen) atoms. The number of aryl methyl sites for hydroxylation is 1. The Hall–Kier alpha value is -2.09. The molecule has 1 unspecified atom stereocenters. The van der Waals surface area contributed by atoms with E-state index in [9.17, 15) is 18.0 Å². The third-order valence-corrected chi connectivity index (χ3v) is 5.68. The molecule has 2 aliphatic heterocycles. The van der Waals surface area contributed by atoms with Crippen molar-refractivity contribution in [3.63, 3.8) is 0 Å². The molecule has 0 aliphatic carbocycles. The van der Waals surface area contributed by atoms with Crippen LogP contribution in [0.5, 0.6) is 5.75 Å². The first-order chi connectivity index (χ1) is 10.9. The number of benzene rings is 1. The van der Waals surface area contributed by atoms with Crippen molar-refractivity contribution in [2.45, 2.75) is 25.3 Å². The Labute approximate surface area is 134 Å². The monoisotopic (exact) mass is 338 g/mol. The zero-order valence-corrected chi connectivity index (χ0v) is 13.3. The molecule has 1 aromatic rings. The number of carbonyl (C=O) groups excluding carboxylic acids is 2. The molecule has 0 spiro atoms. The second-order valence-electron chi connectivity index (χ2n) is 5.83. The van der Waals surface area contributed by atoms with Crippen LogP contribution >= 0.6 is 0 Å². The lowest BCUT2D eigenvalue weighted by atomic mass is 10.1. The van der Waals surface area contributed by atoms with E-state index >= 15 is 0 Å². The Morgan fingerprint density at radius 1 is 1.39 bits per heavy atom. The fourth-order valence-corrected chi connectivity index (χ4v) is 4.43. The molecule has 0 radical (unpaired) electrons. The van der Waals surface area contributed by atoms with Gasteiger partial charge in [-0.1, -0.05) is 6.07 Å². The van der Waals surface area contributed by atoms with Crippen molar-refractivity contribution in [3.05, 3.63) is 23.8 Å². The Morgan fingerprint density at radius 3 is 2.96 bits per heavy atom. The number of nitrogens with one attached hydrogen (secondary N) is 2. The molecule has 2 N–H and O–H groups in total. The maximum atomic E-state index is 11.9. The van der Waals surface area contributed by atoms with Gasteiger partial charge in [0.05, 0.1) is 17.2 Å². The summed E-state index contributed by atoms with van der Waals surface area (Å²) in [6.45, 7) is 0.0129. The summed E-state index contributed by atoms with van der Waals surface area (Å²) in [6.07, 6.45) is 1.26. The van der Waals surface area contributed by atoms with E-state index in [2.05, 4.69) is 10.6 Å². The van der Waals surface area contributed by atoms with Gasteiger partial charge in [-0.15, -0.1) is 0 Å². The van der Waals surface area contributed by atoms with Crippen LogP contribution in [0.4, 0.5) is 5.69 Å². The number of rotatable bonds is 4. The van der Waals surface area contributed by atoms with Crippen molar-refractivity contribution in [2.75, 3.05) is 23.4 Å². The average molecular weight is 338 g/mol. The van der Waals surface area contributed by atoms with Crippen LogP contribution in [-0.4, -0.2) is 44.4 Å². The number of sulfone groups is 1. The van der Waals surface area contributed by atoms with Gasteiger partial charge in [0, 0.05) is 12.5 Å². The first-order valence-corrected chi connectivity index (χ1v) is 9.29. The lowest BCUT2D eigenvalue weighted by Crippen LogP contribution is -2.35. The number of ether oxygens (including phenoxy) is 1. The summed E-state index contributed by atoms with van der Waals surface area (Å²) in [5, 5.41) is 5.49. The quantitative estimate of drug-likeness (QED) is 0.820. The second kappa shape index (κ2) is 6.19. The lowest BCUT2D eigenvalue weighted by molar-refractivity contribution is -0.121. The number of hydrogen-bond acceptors (Lipinski definition) is 5. The van der Waals surface area contributed by atoms with Crippen LogP contribution in [0.25, 0.3) is 0 Å². The normalized spacial score (nSPS) is 21.9. The molecule has 124 valence electrons. The molecule has 8 heteroatoms. The highest BCUT2D eigenvalue weighted by Gasteiger charge is 2.28. The van der Waals surface area contributed by atoms with Gasteiger partial charge in [-0.05, 0) is 30.5 Å². The Kier molecular flexibility index (Phi) is 4.25. The predicted molar refractivity (Wildman–Crippen MR) is 84.1 cm³/mol. The number of carbonyl (C=O) groups is 2. The Bertz CT molecular complexity index is 744. The van der Waals surface area contributed by atoms with E-state index in [-0.39, 0.29) is 42.4 Å². The van der Waals surface area contributed by atoms with E-state index in [0.29, 0.717) is 24.3 Å². The Balaban J connectivity index is 1.53.